The molecule has 52 heavy (non-hydrogen) atoms. The number of carbonyl (C=O) groups is 4. The third-order valence-corrected chi connectivity index (χ3v) is 11.1. The van der Waals surface area contributed by atoms with Gasteiger partial charge in [-0.1, -0.05) is 24.3 Å². The summed E-state index contributed by atoms with van der Waals surface area (Å²) in [6.45, 7) is 15.3. The number of furan rings is 2. The van der Waals surface area contributed by atoms with Gasteiger partial charge in [-0.15, -0.1) is 0 Å². The smallest absolute Gasteiger partial charge is 0.342 e. The van der Waals surface area contributed by atoms with Gasteiger partial charge >= 0.3 is 23.9 Å². The number of fused-ring (bicyclic) bond motifs is 8. The maximum absolute atomic E-state index is 14.4. The van der Waals surface area contributed by atoms with Crippen LogP contribution in [0.15, 0.2) is 68.6 Å². The highest BCUT2D eigenvalue weighted by Crippen LogP contribution is 2.54. The van der Waals surface area contributed by atoms with E-state index in [4.69, 9.17) is 27.8 Å². The molecule has 0 radical (unpaired) electrons. The predicted octanol–water partition coefficient (Wildman–Crippen LogP) is 6.59. The summed E-state index contributed by atoms with van der Waals surface area (Å²) < 4.78 is 36.0. The number of aliphatic hydroxyl groups is 1. The first-order valence-corrected chi connectivity index (χ1v) is 17.7. The molecule has 8 atom stereocenters. The molecule has 276 valence electrons. The Morgan fingerprint density at radius 1 is 0.827 bits per heavy atom. The number of rotatable bonds is 5. The minimum Gasteiger partial charge on any atom is -0.478 e. The Hall–Kier alpha value is -4.68. The summed E-state index contributed by atoms with van der Waals surface area (Å²) in [5, 5.41) is 22.2. The zero-order valence-electron chi connectivity index (χ0n) is 29.8. The topological polar surface area (TPSA) is 175 Å². The lowest BCUT2D eigenvalue weighted by Gasteiger charge is -2.32. The maximum atomic E-state index is 14.4. The molecule has 7 heterocycles. The van der Waals surface area contributed by atoms with E-state index in [0.29, 0.717) is 54.8 Å². The van der Waals surface area contributed by atoms with Crippen molar-refractivity contribution in [2.45, 2.75) is 115 Å². The molecule has 0 amide bonds. The molecule has 0 aromatic carbocycles. The van der Waals surface area contributed by atoms with Crippen molar-refractivity contribution in [1.29, 1.82) is 0 Å². The Labute approximate surface area is 301 Å². The quantitative estimate of drug-likeness (QED) is 0.147. The van der Waals surface area contributed by atoms with Crippen LogP contribution in [0.25, 0.3) is 0 Å². The van der Waals surface area contributed by atoms with Crippen molar-refractivity contribution in [2.75, 3.05) is 0 Å². The van der Waals surface area contributed by atoms with E-state index in [1.807, 2.05) is 26.8 Å². The lowest BCUT2D eigenvalue weighted by atomic mass is 9.87. The zero-order chi connectivity index (χ0) is 37.3. The summed E-state index contributed by atoms with van der Waals surface area (Å²) in [5.74, 6) is -2.54. The molecular formula is C40H44O12. The summed E-state index contributed by atoms with van der Waals surface area (Å²) in [5.41, 5.74) is 0.0236. The van der Waals surface area contributed by atoms with E-state index in [2.05, 4.69) is 13.2 Å². The van der Waals surface area contributed by atoms with Crippen LogP contribution < -0.4 is 0 Å². The molecule has 2 aromatic heterocycles. The second-order valence-corrected chi connectivity index (χ2v) is 15.5. The van der Waals surface area contributed by atoms with Gasteiger partial charge in [0, 0.05) is 36.8 Å². The standard InChI is InChI=1S/C40H44O12/c1-19(2)21-7-9-23-11-25(47-36(23)43)17-39(5,46)33(31-15-27(35(41)42)29(13-21)49-31)51-38(45)28-16-32-34-40(6,52-34)18-26-12-24(37(44)48-26)10-8-22(20(3)4)14-30(28)50-32/h11-12,15-16,21-22,25-26,33-34,46H,1,3,7-10,13-14,17-18H2,2,4-6H3,(H,41,42)/t21-,22-,25-,26-,33+,34-,39+,40-/m0/s1. The van der Waals surface area contributed by atoms with Crippen LogP contribution in [0.3, 0.4) is 0 Å². The van der Waals surface area contributed by atoms with E-state index in [9.17, 15) is 29.4 Å². The molecule has 0 spiro atoms. The first-order chi connectivity index (χ1) is 24.5. The van der Waals surface area contributed by atoms with E-state index in [0.717, 1.165) is 11.1 Å². The minimum absolute atomic E-state index is 0.0715. The molecule has 12 heteroatoms. The number of allylic oxidation sites excluding steroid dienone is 2. The first kappa shape index (κ1) is 35.7. The molecule has 0 unspecified atom stereocenters. The van der Waals surface area contributed by atoms with Gasteiger partial charge in [-0.2, -0.15) is 0 Å². The summed E-state index contributed by atoms with van der Waals surface area (Å²) >= 11 is 0. The van der Waals surface area contributed by atoms with Gasteiger partial charge in [0.05, 0.1) is 0 Å². The number of aromatic carboxylic acids is 1. The number of hydrogen-bond donors (Lipinski definition) is 2. The van der Waals surface area contributed by atoms with Crippen molar-refractivity contribution in [3.8, 4) is 0 Å². The Kier molecular flexibility index (Phi) is 8.98. The Bertz CT molecular complexity index is 1940. The van der Waals surface area contributed by atoms with Gasteiger partial charge in [0.25, 0.3) is 0 Å². The van der Waals surface area contributed by atoms with E-state index in [1.165, 1.54) is 13.0 Å². The van der Waals surface area contributed by atoms with E-state index in [-0.39, 0.29) is 59.7 Å². The molecule has 2 N–H and O–H groups in total. The van der Waals surface area contributed by atoms with Crippen molar-refractivity contribution in [3.63, 3.8) is 0 Å². The SMILES string of the molecule is C=C(C)[C@H]1CCC2=C[C@@H](C[C@@](C)(O)[C@H](OC(=O)c3cc4oc3C[C@@H](C(=C)C)CCC3=C[C@@H](C[C@]5(C)O[C@@H]45)OC3=O)c3cc(C(=O)O)c(o3)C1)OC2=O. The first-order valence-electron chi connectivity index (χ1n) is 17.7. The summed E-state index contributed by atoms with van der Waals surface area (Å²) in [6.07, 6.45) is 2.75. The molecule has 5 aliphatic rings. The lowest BCUT2D eigenvalue weighted by molar-refractivity contribution is -0.145. The van der Waals surface area contributed by atoms with Gasteiger partial charge in [0.1, 0.15) is 63.7 Å². The molecular weight excluding hydrogens is 672 g/mol. The van der Waals surface area contributed by atoms with E-state index in [1.54, 1.807) is 12.1 Å². The van der Waals surface area contributed by atoms with Crippen molar-refractivity contribution in [1.82, 2.24) is 0 Å². The molecule has 0 saturated carbocycles. The normalized spacial score (nSPS) is 32.8. The number of carboxylic acids is 1. The highest BCUT2D eigenvalue weighted by molar-refractivity contribution is 5.92. The molecule has 2 aromatic rings. The number of carboxylic acid groups (broad SMARTS) is 1. The van der Waals surface area contributed by atoms with Crippen molar-refractivity contribution in [3.05, 3.63) is 93.9 Å². The molecule has 1 fully saturated rings. The van der Waals surface area contributed by atoms with Crippen molar-refractivity contribution >= 4 is 23.9 Å². The fraction of sp³-hybridized carbons (Fsp3) is 0.500. The minimum atomic E-state index is -1.90. The molecule has 8 bridgehead atoms. The van der Waals surface area contributed by atoms with Gasteiger partial charge in [-0.05, 0) is 89.5 Å². The Morgan fingerprint density at radius 2 is 1.35 bits per heavy atom. The van der Waals surface area contributed by atoms with Crippen LogP contribution in [0.2, 0.25) is 0 Å². The highest BCUT2D eigenvalue weighted by atomic mass is 16.6. The zero-order valence-corrected chi connectivity index (χ0v) is 29.8. The van der Waals surface area contributed by atoms with Crippen LogP contribution in [0.5, 0.6) is 0 Å². The Balaban J connectivity index is 1.26. The average Bonchev–Trinajstić information content (AvgIpc) is 3.51. The third-order valence-electron chi connectivity index (χ3n) is 11.1. The monoisotopic (exact) mass is 716 g/mol. The largest absolute Gasteiger partial charge is 0.478 e. The van der Waals surface area contributed by atoms with Gasteiger partial charge in [0.2, 0.25) is 0 Å². The number of epoxide rings is 1. The lowest BCUT2D eigenvalue weighted by Crippen LogP contribution is -2.39. The Morgan fingerprint density at radius 3 is 1.90 bits per heavy atom. The molecule has 7 rings (SSSR count). The van der Waals surface area contributed by atoms with Gasteiger partial charge < -0.3 is 38.0 Å². The second-order valence-electron chi connectivity index (χ2n) is 15.5. The fourth-order valence-electron chi connectivity index (χ4n) is 7.94. The number of carbonyl (C=O) groups excluding carboxylic acids is 3. The van der Waals surface area contributed by atoms with E-state index < -0.39 is 53.5 Å². The van der Waals surface area contributed by atoms with Crippen molar-refractivity contribution < 1.29 is 57.2 Å². The van der Waals surface area contributed by atoms with Crippen molar-refractivity contribution in [2.24, 2.45) is 11.8 Å². The fourth-order valence-corrected chi connectivity index (χ4v) is 7.94. The summed E-state index contributed by atoms with van der Waals surface area (Å²) in [6, 6.07) is 2.85. The molecule has 5 aliphatic heterocycles. The number of esters is 3. The van der Waals surface area contributed by atoms with Crippen LogP contribution in [0.4, 0.5) is 0 Å². The molecule has 0 aliphatic carbocycles. The summed E-state index contributed by atoms with van der Waals surface area (Å²) in [7, 11) is 0. The average molecular weight is 717 g/mol. The van der Waals surface area contributed by atoms with Gasteiger partial charge in [-0.25, -0.2) is 19.2 Å². The maximum Gasteiger partial charge on any atom is 0.342 e. The van der Waals surface area contributed by atoms with E-state index >= 15 is 0 Å². The second kappa shape index (κ2) is 13.1. The van der Waals surface area contributed by atoms with Crippen LogP contribution in [-0.4, -0.2) is 57.5 Å². The van der Waals surface area contributed by atoms with Crippen LogP contribution in [-0.2, 0) is 41.4 Å². The third kappa shape index (κ3) is 6.81. The summed E-state index contributed by atoms with van der Waals surface area (Å²) in [4.78, 5) is 52.3. The molecule has 12 nitrogen and oxygen atoms in total. The molecule has 1 saturated heterocycles. The van der Waals surface area contributed by atoms with Crippen LogP contribution >= 0.6 is 0 Å². The number of hydrogen-bond acceptors (Lipinski definition) is 11. The predicted molar refractivity (Wildman–Crippen MR) is 183 cm³/mol. The highest BCUT2D eigenvalue weighted by Gasteiger charge is 2.57. The van der Waals surface area contributed by atoms with Gasteiger partial charge in [0.15, 0.2) is 6.10 Å². The number of ether oxygens (including phenoxy) is 4. The van der Waals surface area contributed by atoms with Crippen LogP contribution in [0.1, 0.15) is 122 Å². The van der Waals surface area contributed by atoms with Gasteiger partial charge in [-0.3, -0.25) is 0 Å². The van der Waals surface area contributed by atoms with Crippen LogP contribution in [0, 0.1) is 11.8 Å².